The van der Waals surface area contributed by atoms with Crippen molar-refractivity contribution < 1.29 is 9.53 Å². The third-order valence-electron chi connectivity index (χ3n) is 8.53. The summed E-state index contributed by atoms with van der Waals surface area (Å²) in [7, 11) is 2.13. The smallest absolute Gasteiger partial charge is 0.223 e. The van der Waals surface area contributed by atoms with E-state index >= 15 is 0 Å². The highest BCUT2D eigenvalue weighted by Gasteiger charge is 2.40. The van der Waals surface area contributed by atoms with Gasteiger partial charge in [-0.2, -0.15) is 0 Å². The molecular weight excluding hydrogens is 508 g/mol. The number of fused-ring (bicyclic) bond motifs is 1. The molecule has 1 amide bonds. The molecule has 0 bridgehead atoms. The summed E-state index contributed by atoms with van der Waals surface area (Å²) < 4.78 is 8.82. The van der Waals surface area contributed by atoms with Gasteiger partial charge < -0.3 is 19.1 Å². The number of aryl methyl sites for hydroxylation is 2. The van der Waals surface area contributed by atoms with Crippen LogP contribution in [0.1, 0.15) is 43.7 Å². The van der Waals surface area contributed by atoms with Crippen LogP contribution in [0.3, 0.4) is 0 Å². The van der Waals surface area contributed by atoms with E-state index in [1.54, 1.807) is 0 Å². The van der Waals surface area contributed by atoms with E-state index in [9.17, 15) is 4.79 Å². The van der Waals surface area contributed by atoms with Crippen molar-refractivity contribution in [2.75, 3.05) is 52.9 Å². The molecule has 0 N–H and O–H groups in total. The van der Waals surface area contributed by atoms with Gasteiger partial charge in [-0.05, 0) is 75.2 Å². The SMILES string of the molecule is CCCn1cc(CN2CCC[C@@](COc3ccc(Cl)c(C)c3)(CC(=O)N3CCN(C)CC3)C2)c2ccccc21. The first-order valence-electron chi connectivity index (χ1n) is 14.5. The number of amides is 1. The number of benzene rings is 2. The molecule has 3 aromatic rings. The lowest BCUT2D eigenvalue weighted by Crippen LogP contribution is -2.52. The molecule has 7 heteroatoms. The number of aromatic nitrogens is 1. The maximum Gasteiger partial charge on any atom is 0.223 e. The standard InChI is InChI=1S/C32H43ClN4O2/c1-4-13-37-22-26(28-8-5-6-9-30(28)37)21-35-14-7-12-32(23-35,20-31(38)36-17-15-34(3)16-18-36)24-39-27-10-11-29(33)25(2)19-27/h5-6,8-11,19,22H,4,7,12-18,20-21,23-24H2,1-3H3/t32-/m1/s1. The van der Waals surface area contributed by atoms with E-state index in [0.717, 1.165) is 88.0 Å². The van der Waals surface area contributed by atoms with Gasteiger partial charge in [-0.15, -0.1) is 0 Å². The second-order valence-electron chi connectivity index (χ2n) is 11.7. The second-order valence-corrected chi connectivity index (χ2v) is 12.1. The number of para-hydroxylation sites is 1. The van der Waals surface area contributed by atoms with E-state index in [1.165, 1.54) is 16.5 Å². The first-order chi connectivity index (χ1) is 18.9. The number of nitrogens with zero attached hydrogens (tertiary/aromatic N) is 4. The van der Waals surface area contributed by atoms with E-state index in [2.05, 4.69) is 63.7 Å². The molecule has 0 spiro atoms. The molecule has 2 saturated heterocycles. The van der Waals surface area contributed by atoms with Crippen molar-refractivity contribution in [1.29, 1.82) is 0 Å². The Hall–Kier alpha value is -2.54. The lowest BCUT2D eigenvalue weighted by Gasteiger charge is -2.43. The summed E-state index contributed by atoms with van der Waals surface area (Å²) in [6, 6.07) is 14.6. The van der Waals surface area contributed by atoms with Gasteiger partial charge in [0.15, 0.2) is 0 Å². The third-order valence-corrected chi connectivity index (χ3v) is 8.95. The highest BCUT2D eigenvalue weighted by atomic mass is 35.5. The summed E-state index contributed by atoms with van der Waals surface area (Å²) >= 11 is 6.26. The number of halogens is 1. The number of likely N-dealkylation sites (tertiary alicyclic amines) is 1. The van der Waals surface area contributed by atoms with Gasteiger partial charge in [0.1, 0.15) is 5.75 Å². The van der Waals surface area contributed by atoms with E-state index < -0.39 is 0 Å². The molecule has 0 aliphatic carbocycles. The van der Waals surface area contributed by atoms with Crippen LogP contribution >= 0.6 is 11.6 Å². The predicted molar refractivity (Wildman–Crippen MR) is 160 cm³/mol. The molecule has 2 aromatic carbocycles. The third kappa shape index (κ3) is 6.62. The fourth-order valence-corrected chi connectivity index (χ4v) is 6.42. The average Bonchev–Trinajstić information content (AvgIpc) is 3.27. The molecule has 0 radical (unpaired) electrons. The lowest BCUT2D eigenvalue weighted by atomic mass is 9.77. The largest absolute Gasteiger partial charge is 0.493 e. The molecule has 210 valence electrons. The maximum atomic E-state index is 13.6. The summed E-state index contributed by atoms with van der Waals surface area (Å²) in [5.41, 5.74) is 3.46. The average molecular weight is 551 g/mol. The van der Waals surface area contributed by atoms with Crippen LogP contribution in [0.2, 0.25) is 5.02 Å². The topological polar surface area (TPSA) is 41.0 Å². The molecule has 2 aliphatic rings. The van der Waals surface area contributed by atoms with Crippen molar-refractivity contribution in [3.8, 4) is 5.75 Å². The zero-order valence-electron chi connectivity index (χ0n) is 23.8. The number of hydrogen-bond donors (Lipinski definition) is 0. The highest BCUT2D eigenvalue weighted by molar-refractivity contribution is 6.31. The minimum absolute atomic E-state index is 0.228. The first-order valence-corrected chi connectivity index (χ1v) is 14.9. The van der Waals surface area contributed by atoms with Crippen molar-refractivity contribution in [1.82, 2.24) is 19.3 Å². The van der Waals surface area contributed by atoms with Crippen molar-refractivity contribution in [3.63, 3.8) is 0 Å². The lowest BCUT2D eigenvalue weighted by molar-refractivity contribution is -0.137. The molecule has 2 aliphatic heterocycles. The van der Waals surface area contributed by atoms with Crippen LogP contribution < -0.4 is 4.74 Å². The number of carbonyl (C=O) groups excluding carboxylic acids is 1. The van der Waals surface area contributed by atoms with Crippen molar-refractivity contribution in [2.45, 2.75) is 52.6 Å². The molecule has 3 heterocycles. The quantitative estimate of drug-likeness (QED) is 0.336. The molecular formula is C32H43ClN4O2. The summed E-state index contributed by atoms with van der Waals surface area (Å²) in [5, 5.41) is 2.08. The zero-order chi connectivity index (χ0) is 27.4. The Labute approximate surface area is 238 Å². The summed E-state index contributed by atoms with van der Waals surface area (Å²) in [4.78, 5) is 20.5. The Kier molecular flexibility index (Phi) is 8.85. The predicted octanol–water partition coefficient (Wildman–Crippen LogP) is 5.84. The summed E-state index contributed by atoms with van der Waals surface area (Å²) in [6.45, 7) is 12.1. The van der Waals surface area contributed by atoms with Gasteiger partial charge in [-0.3, -0.25) is 9.69 Å². The fraction of sp³-hybridized carbons (Fsp3) is 0.531. The number of ether oxygens (including phenoxy) is 1. The van der Waals surface area contributed by atoms with Gasteiger partial charge in [0, 0.05) is 79.8 Å². The Morgan fingerprint density at radius 2 is 1.87 bits per heavy atom. The number of hydrogen-bond acceptors (Lipinski definition) is 4. The first kappa shape index (κ1) is 28.0. The van der Waals surface area contributed by atoms with Crippen LogP contribution in [0, 0.1) is 12.3 Å². The van der Waals surface area contributed by atoms with Crippen molar-refractivity contribution in [3.05, 3.63) is 64.8 Å². The highest BCUT2D eigenvalue weighted by Crippen LogP contribution is 2.37. The molecule has 39 heavy (non-hydrogen) atoms. The summed E-state index contributed by atoms with van der Waals surface area (Å²) in [5.74, 6) is 1.09. The molecule has 0 saturated carbocycles. The number of piperidine rings is 1. The Bertz CT molecular complexity index is 1280. The molecule has 1 aromatic heterocycles. The minimum Gasteiger partial charge on any atom is -0.493 e. The zero-order valence-corrected chi connectivity index (χ0v) is 24.6. The molecule has 6 nitrogen and oxygen atoms in total. The van der Waals surface area contributed by atoms with E-state index in [4.69, 9.17) is 16.3 Å². The summed E-state index contributed by atoms with van der Waals surface area (Å²) in [6.07, 6.45) is 6.03. The van der Waals surface area contributed by atoms with Gasteiger partial charge in [0.25, 0.3) is 0 Å². The number of carbonyl (C=O) groups is 1. The molecule has 5 rings (SSSR count). The number of likely N-dealkylation sites (N-methyl/N-ethyl adjacent to an activating group) is 1. The Morgan fingerprint density at radius 1 is 1.08 bits per heavy atom. The van der Waals surface area contributed by atoms with Crippen LogP contribution in [0.25, 0.3) is 10.9 Å². The van der Waals surface area contributed by atoms with Gasteiger partial charge in [0.05, 0.1) is 6.61 Å². The monoisotopic (exact) mass is 550 g/mol. The van der Waals surface area contributed by atoms with Gasteiger partial charge in [0.2, 0.25) is 5.91 Å². The van der Waals surface area contributed by atoms with E-state index in [-0.39, 0.29) is 11.3 Å². The van der Waals surface area contributed by atoms with Gasteiger partial charge in [-0.25, -0.2) is 0 Å². The minimum atomic E-state index is -0.228. The molecule has 1 atom stereocenters. The Morgan fingerprint density at radius 3 is 2.64 bits per heavy atom. The van der Waals surface area contributed by atoms with Gasteiger partial charge >= 0.3 is 0 Å². The van der Waals surface area contributed by atoms with Crippen LogP contribution in [-0.4, -0.2) is 78.1 Å². The Balaban J connectivity index is 1.36. The normalized spacial score (nSPS) is 21.0. The number of piperazine rings is 1. The van der Waals surface area contributed by atoms with Crippen LogP contribution in [0.4, 0.5) is 0 Å². The molecule has 2 fully saturated rings. The van der Waals surface area contributed by atoms with Crippen molar-refractivity contribution in [2.24, 2.45) is 5.41 Å². The van der Waals surface area contributed by atoms with Crippen molar-refractivity contribution >= 4 is 28.4 Å². The van der Waals surface area contributed by atoms with Crippen LogP contribution in [-0.2, 0) is 17.9 Å². The fourth-order valence-electron chi connectivity index (χ4n) is 6.31. The van der Waals surface area contributed by atoms with Crippen LogP contribution in [0.5, 0.6) is 5.75 Å². The number of rotatable bonds is 9. The van der Waals surface area contributed by atoms with E-state index in [1.807, 2.05) is 25.1 Å². The second kappa shape index (κ2) is 12.3. The van der Waals surface area contributed by atoms with Crippen LogP contribution in [0.15, 0.2) is 48.7 Å². The maximum absolute atomic E-state index is 13.6. The van der Waals surface area contributed by atoms with Gasteiger partial charge in [-0.1, -0.05) is 36.7 Å². The molecule has 0 unspecified atom stereocenters. The van der Waals surface area contributed by atoms with E-state index in [0.29, 0.717) is 13.0 Å².